The molecule has 1 aromatic heterocycles. The van der Waals surface area contributed by atoms with Crippen molar-refractivity contribution < 1.29 is 33.0 Å². The van der Waals surface area contributed by atoms with E-state index in [2.05, 4.69) is 15.7 Å². The zero-order valence-electron chi connectivity index (χ0n) is 19.5. The van der Waals surface area contributed by atoms with Crippen LogP contribution in [0.15, 0.2) is 36.4 Å². The minimum atomic E-state index is -1.20. The Balaban J connectivity index is 1.96. The Kier molecular flexibility index (Phi) is 7.81. The van der Waals surface area contributed by atoms with Gasteiger partial charge in [-0.25, -0.2) is 13.2 Å². The minimum absolute atomic E-state index is 0.0345. The Morgan fingerprint density at radius 3 is 2.34 bits per heavy atom. The van der Waals surface area contributed by atoms with Crippen molar-refractivity contribution in [3.63, 3.8) is 0 Å². The van der Waals surface area contributed by atoms with E-state index < -0.39 is 53.4 Å². The van der Waals surface area contributed by atoms with E-state index in [9.17, 15) is 27.9 Å². The number of nitrogens with zero attached hydrogens (tertiary/aromatic N) is 2. The molecule has 0 unspecified atom stereocenters. The summed E-state index contributed by atoms with van der Waals surface area (Å²) in [4.78, 5) is 25.9. The minimum Gasteiger partial charge on any atom is -0.394 e. The van der Waals surface area contributed by atoms with Crippen molar-refractivity contribution in [1.82, 2.24) is 20.4 Å². The van der Waals surface area contributed by atoms with Gasteiger partial charge in [0.1, 0.15) is 17.4 Å². The highest BCUT2D eigenvalue weighted by Gasteiger charge is 2.34. The molecule has 3 rings (SSSR count). The zero-order chi connectivity index (χ0) is 25.9. The maximum absolute atomic E-state index is 14.8. The molecular formula is C24H27F3N4O4. The number of hydrogen-bond donors (Lipinski definition) is 4. The lowest BCUT2D eigenvalue weighted by Crippen LogP contribution is -2.54. The predicted octanol–water partition coefficient (Wildman–Crippen LogP) is 2.12. The molecule has 3 aromatic rings. The van der Waals surface area contributed by atoms with Gasteiger partial charge >= 0.3 is 0 Å². The Labute approximate surface area is 199 Å². The molecule has 0 bridgehead atoms. The van der Waals surface area contributed by atoms with Gasteiger partial charge in [-0.2, -0.15) is 5.10 Å². The van der Waals surface area contributed by atoms with Crippen LogP contribution in [-0.4, -0.2) is 57.1 Å². The molecule has 0 spiro atoms. The van der Waals surface area contributed by atoms with Crippen molar-refractivity contribution in [2.75, 3.05) is 13.2 Å². The SMILES string of the molecule is CC(C)(C)[C@H](NC(=O)c1nn(Cc2ccc(F)cc2)c2c(F)c(F)ccc12)C(=O)NC[C@H](O)CO. The number of fused-ring (bicyclic) bond motifs is 1. The quantitative estimate of drug-likeness (QED) is 0.385. The van der Waals surface area contributed by atoms with Crippen LogP contribution in [0.2, 0.25) is 0 Å². The van der Waals surface area contributed by atoms with E-state index in [0.29, 0.717) is 5.56 Å². The van der Waals surface area contributed by atoms with Gasteiger partial charge in [0.2, 0.25) is 5.91 Å². The molecule has 0 aliphatic heterocycles. The summed E-state index contributed by atoms with van der Waals surface area (Å²) in [6, 6.07) is 6.37. The van der Waals surface area contributed by atoms with Gasteiger partial charge in [-0.1, -0.05) is 32.9 Å². The van der Waals surface area contributed by atoms with Crippen molar-refractivity contribution >= 4 is 22.7 Å². The smallest absolute Gasteiger partial charge is 0.273 e. The number of aliphatic hydroxyl groups is 2. The molecule has 2 amide bonds. The molecule has 0 aliphatic carbocycles. The van der Waals surface area contributed by atoms with Crippen LogP contribution in [0.25, 0.3) is 10.9 Å². The maximum atomic E-state index is 14.8. The average molecular weight is 492 g/mol. The first-order chi connectivity index (χ1) is 16.4. The number of aliphatic hydroxyl groups excluding tert-OH is 2. The Bertz CT molecular complexity index is 1220. The van der Waals surface area contributed by atoms with Crippen LogP contribution < -0.4 is 10.6 Å². The highest BCUT2D eigenvalue weighted by Crippen LogP contribution is 2.26. The molecule has 1 heterocycles. The Morgan fingerprint density at radius 2 is 1.74 bits per heavy atom. The Hall–Kier alpha value is -3.44. The molecular weight excluding hydrogens is 465 g/mol. The van der Waals surface area contributed by atoms with Gasteiger partial charge in [-0.15, -0.1) is 0 Å². The molecule has 35 heavy (non-hydrogen) atoms. The summed E-state index contributed by atoms with van der Waals surface area (Å²) in [5.41, 5.74) is -0.699. The van der Waals surface area contributed by atoms with Crippen molar-refractivity contribution in [3.05, 3.63) is 65.1 Å². The van der Waals surface area contributed by atoms with Crippen LogP contribution in [0.5, 0.6) is 0 Å². The number of carbonyl (C=O) groups excluding carboxylic acids is 2. The highest BCUT2D eigenvalue weighted by atomic mass is 19.2. The van der Waals surface area contributed by atoms with Crippen LogP contribution in [0.3, 0.4) is 0 Å². The van der Waals surface area contributed by atoms with Crippen molar-refractivity contribution in [2.24, 2.45) is 5.41 Å². The normalized spacial score (nSPS) is 13.5. The van der Waals surface area contributed by atoms with Crippen molar-refractivity contribution in [2.45, 2.75) is 39.5 Å². The number of carbonyl (C=O) groups is 2. The van der Waals surface area contributed by atoms with Gasteiger partial charge < -0.3 is 20.8 Å². The van der Waals surface area contributed by atoms with Gasteiger partial charge in [-0.05, 0) is 35.2 Å². The second kappa shape index (κ2) is 10.4. The molecule has 0 radical (unpaired) electrons. The van der Waals surface area contributed by atoms with Crippen LogP contribution >= 0.6 is 0 Å². The van der Waals surface area contributed by atoms with E-state index in [1.807, 2.05) is 0 Å². The largest absolute Gasteiger partial charge is 0.394 e. The van der Waals surface area contributed by atoms with E-state index in [4.69, 9.17) is 5.11 Å². The number of aromatic nitrogens is 2. The summed E-state index contributed by atoms with van der Waals surface area (Å²) < 4.78 is 43.2. The lowest BCUT2D eigenvalue weighted by molar-refractivity contribution is -0.125. The van der Waals surface area contributed by atoms with E-state index in [1.165, 1.54) is 30.3 Å². The zero-order valence-corrected chi connectivity index (χ0v) is 19.5. The van der Waals surface area contributed by atoms with Crippen LogP contribution in [0.1, 0.15) is 36.8 Å². The van der Waals surface area contributed by atoms with Gasteiger partial charge in [-0.3, -0.25) is 14.3 Å². The summed E-state index contributed by atoms with van der Waals surface area (Å²) in [7, 11) is 0. The predicted molar refractivity (Wildman–Crippen MR) is 122 cm³/mol. The highest BCUT2D eigenvalue weighted by molar-refractivity contribution is 6.06. The third-order valence-corrected chi connectivity index (χ3v) is 5.39. The molecule has 0 aliphatic rings. The lowest BCUT2D eigenvalue weighted by Gasteiger charge is -2.30. The number of hydrogen-bond acceptors (Lipinski definition) is 5. The summed E-state index contributed by atoms with van der Waals surface area (Å²) >= 11 is 0. The van der Waals surface area contributed by atoms with Crippen molar-refractivity contribution in [3.8, 4) is 0 Å². The van der Waals surface area contributed by atoms with Gasteiger partial charge in [0, 0.05) is 11.9 Å². The molecule has 188 valence electrons. The second-order valence-corrected chi connectivity index (χ2v) is 9.24. The molecule has 2 atom stereocenters. The summed E-state index contributed by atoms with van der Waals surface area (Å²) in [5, 5.41) is 27.7. The van der Waals surface area contributed by atoms with E-state index >= 15 is 0 Å². The van der Waals surface area contributed by atoms with Crippen LogP contribution in [0, 0.1) is 22.9 Å². The molecule has 0 fully saturated rings. The topological polar surface area (TPSA) is 116 Å². The molecule has 2 aromatic carbocycles. The van der Waals surface area contributed by atoms with Gasteiger partial charge in [0.25, 0.3) is 5.91 Å². The molecule has 11 heteroatoms. The number of nitrogens with one attached hydrogen (secondary N) is 2. The summed E-state index contributed by atoms with van der Waals surface area (Å²) in [5.74, 6) is -4.19. The third-order valence-electron chi connectivity index (χ3n) is 5.39. The molecule has 4 N–H and O–H groups in total. The number of benzene rings is 2. The average Bonchev–Trinajstić information content (AvgIpc) is 3.17. The first kappa shape index (κ1) is 26.2. The fraction of sp³-hybridized carbons (Fsp3) is 0.375. The molecule has 0 saturated heterocycles. The number of halogens is 3. The third kappa shape index (κ3) is 5.98. The standard InChI is InChI=1S/C24H27F3N4O4/c1-24(2,3)21(23(35)28-10-15(33)12-32)29-22(34)19-16-8-9-17(26)18(27)20(16)31(30-19)11-13-4-6-14(25)7-5-13/h4-9,15,21,32-33H,10-12H2,1-3H3,(H,28,35)(H,29,34)/t15-,21+/m0/s1. The molecule has 8 nitrogen and oxygen atoms in total. The fourth-order valence-corrected chi connectivity index (χ4v) is 3.51. The fourth-order valence-electron chi connectivity index (χ4n) is 3.51. The van der Waals surface area contributed by atoms with Crippen LogP contribution in [-0.2, 0) is 11.3 Å². The first-order valence-electron chi connectivity index (χ1n) is 10.9. The van der Waals surface area contributed by atoms with E-state index in [1.54, 1.807) is 20.8 Å². The summed E-state index contributed by atoms with van der Waals surface area (Å²) in [6.07, 6.45) is -1.17. The monoisotopic (exact) mass is 492 g/mol. The van der Waals surface area contributed by atoms with Crippen molar-refractivity contribution in [1.29, 1.82) is 0 Å². The number of rotatable bonds is 8. The molecule has 0 saturated carbocycles. The number of amides is 2. The van der Waals surface area contributed by atoms with Gasteiger partial charge in [0.15, 0.2) is 17.3 Å². The lowest BCUT2D eigenvalue weighted by atomic mass is 9.86. The van der Waals surface area contributed by atoms with E-state index in [0.717, 1.165) is 10.7 Å². The second-order valence-electron chi connectivity index (χ2n) is 9.24. The summed E-state index contributed by atoms with van der Waals surface area (Å²) in [6.45, 7) is 4.29. The van der Waals surface area contributed by atoms with Gasteiger partial charge in [0.05, 0.1) is 19.3 Å². The maximum Gasteiger partial charge on any atom is 0.273 e. The Morgan fingerprint density at radius 1 is 1.09 bits per heavy atom. The van der Waals surface area contributed by atoms with E-state index in [-0.39, 0.29) is 29.7 Å². The first-order valence-corrected chi connectivity index (χ1v) is 10.9. The van der Waals surface area contributed by atoms with Crippen LogP contribution in [0.4, 0.5) is 13.2 Å².